The lowest BCUT2D eigenvalue weighted by molar-refractivity contribution is 0.955. The van der Waals surface area contributed by atoms with Crippen molar-refractivity contribution in [3.63, 3.8) is 0 Å². The van der Waals surface area contributed by atoms with Gasteiger partial charge in [-0.05, 0) is 24.5 Å². The predicted octanol–water partition coefficient (Wildman–Crippen LogP) is 3.04. The third-order valence-electron chi connectivity index (χ3n) is 2.08. The van der Waals surface area contributed by atoms with E-state index in [1.54, 1.807) is 0 Å². The molecule has 0 bridgehead atoms. The van der Waals surface area contributed by atoms with Gasteiger partial charge in [0.25, 0.3) is 0 Å². The van der Waals surface area contributed by atoms with Gasteiger partial charge in [-0.1, -0.05) is 30.3 Å². The fraction of sp³-hybridized carbons (Fsp3) is 0.250. The molecule has 0 N–H and O–H groups in total. The zero-order chi connectivity index (χ0) is 9.68. The summed E-state index contributed by atoms with van der Waals surface area (Å²) in [6.45, 7) is 5.62. The highest BCUT2D eigenvalue weighted by atomic mass is 14.3. The molecule has 1 unspecified atom stereocenters. The molecule has 13 heavy (non-hydrogen) atoms. The summed E-state index contributed by atoms with van der Waals surface area (Å²) in [4.78, 5) is 0. The molecule has 0 amide bonds. The Morgan fingerprint density at radius 3 is 2.85 bits per heavy atom. The molecule has 0 aliphatic carbocycles. The van der Waals surface area contributed by atoms with E-state index < -0.39 is 0 Å². The van der Waals surface area contributed by atoms with E-state index in [0.717, 1.165) is 12.0 Å². The van der Waals surface area contributed by atoms with Gasteiger partial charge < -0.3 is 0 Å². The van der Waals surface area contributed by atoms with Crippen molar-refractivity contribution in [1.29, 1.82) is 5.26 Å². The van der Waals surface area contributed by atoms with Crippen molar-refractivity contribution < 1.29 is 0 Å². The summed E-state index contributed by atoms with van der Waals surface area (Å²) < 4.78 is 0. The van der Waals surface area contributed by atoms with Crippen LogP contribution in [-0.4, -0.2) is 0 Å². The lowest BCUT2D eigenvalue weighted by atomic mass is 9.95. The van der Waals surface area contributed by atoms with Gasteiger partial charge in [0.15, 0.2) is 0 Å². The second-order valence-corrected chi connectivity index (χ2v) is 3.04. The maximum Gasteiger partial charge on any atom is 0.0701 e. The van der Waals surface area contributed by atoms with Crippen LogP contribution in [0.4, 0.5) is 0 Å². The zero-order valence-corrected chi connectivity index (χ0v) is 7.83. The minimum Gasteiger partial charge on any atom is -0.198 e. The quantitative estimate of drug-likeness (QED) is 0.641. The second kappa shape index (κ2) is 4.47. The number of rotatable bonds is 3. The molecule has 0 radical (unpaired) electrons. The molecule has 0 aliphatic rings. The number of nitrogens with zero attached hydrogens (tertiary/aromatic N) is 1. The van der Waals surface area contributed by atoms with Gasteiger partial charge >= 0.3 is 0 Å². The first kappa shape index (κ1) is 9.54. The number of nitriles is 1. The molecule has 0 aliphatic heterocycles. The molecule has 0 spiro atoms. The summed E-state index contributed by atoms with van der Waals surface area (Å²) in [6.07, 6.45) is 2.70. The minimum atomic E-state index is -0.0313. The Morgan fingerprint density at radius 2 is 2.23 bits per heavy atom. The van der Waals surface area contributed by atoms with E-state index in [9.17, 15) is 0 Å². The summed E-state index contributed by atoms with van der Waals surface area (Å²) in [5, 5.41) is 8.81. The number of hydrogen-bond donors (Lipinski definition) is 0. The number of hydrogen-bond acceptors (Lipinski definition) is 1. The molecule has 0 aromatic heterocycles. The van der Waals surface area contributed by atoms with Gasteiger partial charge in [0.2, 0.25) is 0 Å². The average molecular weight is 171 g/mol. The molecule has 1 nitrogen and oxygen atoms in total. The lowest BCUT2D eigenvalue weighted by Gasteiger charge is -2.08. The summed E-state index contributed by atoms with van der Waals surface area (Å²) >= 11 is 0. The first-order valence-corrected chi connectivity index (χ1v) is 4.38. The highest BCUT2D eigenvalue weighted by Gasteiger charge is 2.07. The van der Waals surface area contributed by atoms with Crippen LogP contribution in [0.25, 0.3) is 0 Å². The van der Waals surface area contributed by atoms with Crippen molar-refractivity contribution in [2.75, 3.05) is 0 Å². The maximum atomic E-state index is 8.81. The number of allylic oxidation sites excluding steroid dienone is 1. The molecule has 1 aromatic carbocycles. The van der Waals surface area contributed by atoms with Gasteiger partial charge in [0, 0.05) is 0 Å². The van der Waals surface area contributed by atoms with Crippen molar-refractivity contribution in [2.24, 2.45) is 0 Å². The maximum absolute atomic E-state index is 8.81. The van der Waals surface area contributed by atoms with Crippen LogP contribution >= 0.6 is 0 Å². The summed E-state index contributed by atoms with van der Waals surface area (Å²) in [6, 6.07) is 10.3. The molecule has 1 atom stereocenters. The standard InChI is InChI=1S/C12H13N/c1-3-6-11-7-4-5-8-12(11)10(2)9-13/h3-5,7-8,10H,1,6H2,2H3. The Hall–Kier alpha value is -1.55. The van der Waals surface area contributed by atoms with Crippen LogP contribution in [0.15, 0.2) is 36.9 Å². The van der Waals surface area contributed by atoms with Gasteiger partial charge in [-0.2, -0.15) is 5.26 Å². The molecular weight excluding hydrogens is 158 g/mol. The number of benzene rings is 1. The van der Waals surface area contributed by atoms with Crippen LogP contribution in [-0.2, 0) is 6.42 Å². The predicted molar refractivity (Wildman–Crippen MR) is 54.4 cm³/mol. The molecular formula is C12H13N. The van der Waals surface area contributed by atoms with Crippen LogP contribution in [0.5, 0.6) is 0 Å². The smallest absolute Gasteiger partial charge is 0.0701 e. The van der Waals surface area contributed by atoms with Crippen LogP contribution in [0.3, 0.4) is 0 Å². The van der Waals surface area contributed by atoms with E-state index in [1.165, 1.54) is 5.56 Å². The first-order chi connectivity index (χ1) is 6.29. The summed E-state index contributed by atoms with van der Waals surface area (Å²) in [7, 11) is 0. The Bertz CT molecular complexity index is 333. The Labute approximate surface area is 79.3 Å². The Morgan fingerprint density at radius 1 is 1.54 bits per heavy atom. The van der Waals surface area contributed by atoms with Crippen molar-refractivity contribution in [3.05, 3.63) is 48.0 Å². The van der Waals surface area contributed by atoms with Gasteiger partial charge in [-0.25, -0.2) is 0 Å². The second-order valence-electron chi connectivity index (χ2n) is 3.04. The van der Waals surface area contributed by atoms with E-state index in [0.29, 0.717) is 0 Å². The highest BCUT2D eigenvalue weighted by Crippen LogP contribution is 2.19. The van der Waals surface area contributed by atoms with Crippen LogP contribution in [0, 0.1) is 11.3 Å². The highest BCUT2D eigenvalue weighted by molar-refractivity contribution is 5.34. The zero-order valence-electron chi connectivity index (χ0n) is 7.83. The van der Waals surface area contributed by atoms with Crippen LogP contribution in [0.1, 0.15) is 24.0 Å². The minimum absolute atomic E-state index is 0.0313. The van der Waals surface area contributed by atoms with Crippen molar-refractivity contribution in [2.45, 2.75) is 19.3 Å². The van der Waals surface area contributed by atoms with E-state index in [1.807, 2.05) is 37.3 Å². The topological polar surface area (TPSA) is 23.8 Å². The van der Waals surface area contributed by atoms with E-state index >= 15 is 0 Å². The van der Waals surface area contributed by atoms with E-state index in [2.05, 4.69) is 12.6 Å². The normalized spacial score (nSPS) is 11.7. The van der Waals surface area contributed by atoms with Crippen LogP contribution in [0.2, 0.25) is 0 Å². The van der Waals surface area contributed by atoms with Crippen LogP contribution < -0.4 is 0 Å². The molecule has 0 fully saturated rings. The Balaban J connectivity index is 3.05. The molecule has 66 valence electrons. The first-order valence-electron chi connectivity index (χ1n) is 4.38. The molecule has 0 saturated heterocycles. The molecule has 1 aromatic rings. The summed E-state index contributed by atoms with van der Waals surface area (Å²) in [5.41, 5.74) is 2.32. The van der Waals surface area contributed by atoms with Gasteiger partial charge in [-0.3, -0.25) is 0 Å². The fourth-order valence-electron chi connectivity index (χ4n) is 1.37. The molecule has 1 heteroatoms. The largest absolute Gasteiger partial charge is 0.198 e. The molecule has 0 saturated carbocycles. The third kappa shape index (κ3) is 2.19. The monoisotopic (exact) mass is 171 g/mol. The third-order valence-corrected chi connectivity index (χ3v) is 2.08. The van der Waals surface area contributed by atoms with Gasteiger partial charge in [0.1, 0.15) is 0 Å². The average Bonchev–Trinajstić information content (AvgIpc) is 2.18. The molecule has 0 heterocycles. The van der Waals surface area contributed by atoms with Gasteiger partial charge in [-0.15, -0.1) is 6.58 Å². The molecule has 1 rings (SSSR count). The summed E-state index contributed by atoms with van der Waals surface area (Å²) in [5.74, 6) is -0.0313. The van der Waals surface area contributed by atoms with Crippen molar-refractivity contribution >= 4 is 0 Å². The van der Waals surface area contributed by atoms with E-state index in [-0.39, 0.29) is 5.92 Å². The fourth-order valence-corrected chi connectivity index (χ4v) is 1.37. The van der Waals surface area contributed by atoms with Crippen molar-refractivity contribution in [1.82, 2.24) is 0 Å². The van der Waals surface area contributed by atoms with Gasteiger partial charge in [0.05, 0.1) is 12.0 Å². The van der Waals surface area contributed by atoms with E-state index in [4.69, 9.17) is 5.26 Å². The SMILES string of the molecule is C=CCc1ccccc1C(C)C#N. The van der Waals surface area contributed by atoms with Crippen molar-refractivity contribution in [3.8, 4) is 6.07 Å². The lowest BCUT2D eigenvalue weighted by Crippen LogP contribution is -1.95. The Kier molecular flexibility index (Phi) is 3.28.